The molecule has 0 radical (unpaired) electrons. The van der Waals surface area contributed by atoms with Crippen molar-refractivity contribution in [2.45, 2.75) is 17.9 Å². The second-order valence-corrected chi connectivity index (χ2v) is 6.18. The minimum absolute atomic E-state index is 0.0451. The van der Waals surface area contributed by atoms with E-state index in [1.165, 1.54) is 12.1 Å². The highest BCUT2D eigenvalue weighted by atomic mass is 79.9. The first-order valence-corrected chi connectivity index (χ1v) is 7.09. The Bertz CT molecular complexity index is 551. The minimum Gasteiger partial charge on any atom is -0.329 e. The molecule has 0 spiro atoms. The van der Waals surface area contributed by atoms with E-state index in [9.17, 15) is 8.42 Å². The summed E-state index contributed by atoms with van der Waals surface area (Å²) in [6.07, 6.45) is 0. The molecule has 0 heterocycles. The molecule has 1 aromatic carbocycles. The van der Waals surface area contributed by atoms with Gasteiger partial charge >= 0.3 is 0 Å². The Morgan fingerprint density at radius 3 is 2.71 bits per heavy atom. The Balaban J connectivity index is 3.16. The van der Waals surface area contributed by atoms with Crippen LogP contribution in [0.25, 0.3) is 0 Å². The monoisotopic (exact) mass is 317 g/mol. The summed E-state index contributed by atoms with van der Waals surface area (Å²) < 4.78 is 26.8. The van der Waals surface area contributed by atoms with Gasteiger partial charge in [0.1, 0.15) is 0 Å². The molecule has 0 aliphatic rings. The summed E-state index contributed by atoms with van der Waals surface area (Å²) in [6, 6.07) is 5.84. The van der Waals surface area contributed by atoms with Crippen LogP contribution in [0.15, 0.2) is 27.6 Å². The van der Waals surface area contributed by atoms with E-state index >= 15 is 0 Å². The van der Waals surface area contributed by atoms with Gasteiger partial charge in [-0.25, -0.2) is 13.1 Å². The van der Waals surface area contributed by atoms with Gasteiger partial charge < -0.3 is 5.73 Å². The van der Waals surface area contributed by atoms with Crippen molar-refractivity contribution in [3.63, 3.8) is 0 Å². The summed E-state index contributed by atoms with van der Waals surface area (Å²) in [5, 5.41) is 8.77. The zero-order chi connectivity index (χ0) is 13.1. The topological polar surface area (TPSA) is 96.0 Å². The molecule has 7 heteroatoms. The third kappa shape index (κ3) is 3.78. The maximum atomic E-state index is 11.9. The highest BCUT2D eigenvalue weighted by Gasteiger charge is 2.17. The van der Waals surface area contributed by atoms with Gasteiger partial charge in [-0.05, 0) is 25.1 Å². The number of nitriles is 1. The average molecular weight is 318 g/mol. The highest BCUT2D eigenvalue weighted by molar-refractivity contribution is 9.10. The third-order valence-electron chi connectivity index (χ3n) is 2.02. The van der Waals surface area contributed by atoms with Crippen molar-refractivity contribution < 1.29 is 8.42 Å². The molecule has 0 bridgehead atoms. The summed E-state index contributed by atoms with van der Waals surface area (Å²) in [7, 11) is -3.64. The van der Waals surface area contributed by atoms with Crippen LogP contribution in [0.3, 0.4) is 0 Å². The lowest BCUT2D eigenvalue weighted by Gasteiger charge is -2.12. The van der Waals surface area contributed by atoms with Crippen LogP contribution in [0.2, 0.25) is 0 Å². The molecular formula is C10H12BrN3O2S. The zero-order valence-corrected chi connectivity index (χ0v) is 11.5. The quantitative estimate of drug-likeness (QED) is 0.864. The van der Waals surface area contributed by atoms with Crippen molar-refractivity contribution in [2.75, 3.05) is 6.54 Å². The van der Waals surface area contributed by atoms with Gasteiger partial charge in [0.05, 0.1) is 16.5 Å². The molecule has 0 aliphatic carbocycles. The molecule has 0 unspecified atom stereocenters. The number of benzene rings is 1. The number of rotatable bonds is 4. The number of nitrogens with one attached hydrogen (secondary N) is 1. The fourth-order valence-electron chi connectivity index (χ4n) is 1.16. The lowest BCUT2D eigenvalue weighted by molar-refractivity contribution is 0.562. The van der Waals surface area contributed by atoms with Crippen LogP contribution in [-0.4, -0.2) is 21.0 Å². The van der Waals surface area contributed by atoms with Gasteiger partial charge in [-0.3, -0.25) is 0 Å². The van der Waals surface area contributed by atoms with Gasteiger partial charge in [0.25, 0.3) is 0 Å². The summed E-state index contributed by atoms with van der Waals surface area (Å²) in [6.45, 7) is 1.87. The van der Waals surface area contributed by atoms with Crippen LogP contribution < -0.4 is 10.5 Å². The van der Waals surface area contributed by atoms with E-state index in [1.807, 2.05) is 6.07 Å². The Morgan fingerprint density at radius 1 is 1.53 bits per heavy atom. The second-order valence-electron chi connectivity index (χ2n) is 3.55. The van der Waals surface area contributed by atoms with E-state index in [2.05, 4.69) is 20.7 Å². The molecule has 0 saturated carbocycles. The molecule has 0 amide bonds. The highest BCUT2D eigenvalue weighted by Crippen LogP contribution is 2.19. The predicted molar refractivity (Wildman–Crippen MR) is 67.7 cm³/mol. The summed E-state index contributed by atoms with van der Waals surface area (Å²) >= 11 is 3.16. The molecule has 1 rings (SSSR count). The van der Waals surface area contributed by atoms with Crippen LogP contribution in [0.4, 0.5) is 0 Å². The Morgan fingerprint density at radius 2 is 2.18 bits per heavy atom. The number of hydrogen-bond acceptors (Lipinski definition) is 4. The summed E-state index contributed by atoms with van der Waals surface area (Å²) in [5.74, 6) is 0. The van der Waals surface area contributed by atoms with Crippen molar-refractivity contribution in [3.05, 3.63) is 28.2 Å². The first-order chi connectivity index (χ1) is 7.89. The van der Waals surface area contributed by atoms with E-state index in [0.29, 0.717) is 4.47 Å². The Kier molecular flexibility index (Phi) is 4.65. The number of hydrogen-bond donors (Lipinski definition) is 2. The SMILES string of the molecule is C[C@@H](CN)NS(=O)(=O)c1cc(Br)cc(C#N)c1. The molecule has 1 atom stereocenters. The second kappa shape index (κ2) is 5.60. The first-order valence-electron chi connectivity index (χ1n) is 4.82. The van der Waals surface area contributed by atoms with Crippen molar-refractivity contribution in [2.24, 2.45) is 5.73 Å². The lowest BCUT2D eigenvalue weighted by atomic mass is 10.2. The molecule has 92 valence electrons. The number of nitrogens with two attached hydrogens (primary N) is 1. The molecule has 3 N–H and O–H groups in total. The van der Waals surface area contributed by atoms with Crippen molar-refractivity contribution in [3.8, 4) is 6.07 Å². The maximum absolute atomic E-state index is 11.9. The van der Waals surface area contributed by atoms with Gasteiger partial charge in [-0.15, -0.1) is 0 Å². The van der Waals surface area contributed by atoms with E-state index in [-0.39, 0.29) is 23.0 Å². The molecule has 0 aliphatic heterocycles. The fourth-order valence-corrected chi connectivity index (χ4v) is 3.13. The number of sulfonamides is 1. The fraction of sp³-hybridized carbons (Fsp3) is 0.300. The van der Waals surface area contributed by atoms with Crippen molar-refractivity contribution >= 4 is 26.0 Å². The van der Waals surface area contributed by atoms with Crippen LogP contribution >= 0.6 is 15.9 Å². The molecule has 0 fully saturated rings. The third-order valence-corrected chi connectivity index (χ3v) is 4.05. The summed E-state index contributed by atoms with van der Waals surface area (Å²) in [5.41, 5.74) is 5.63. The Labute approximate surface area is 109 Å². The van der Waals surface area contributed by atoms with Gasteiger partial charge in [-0.1, -0.05) is 15.9 Å². The maximum Gasteiger partial charge on any atom is 0.240 e. The number of nitrogens with zero attached hydrogens (tertiary/aromatic N) is 1. The van der Waals surface area contributed by atoms with Gasteiger partial charge in [0, 0.05) is 17.1 Å². The smallest absolute Gasteiger partial charge is 0.240 e. The van der Waals surface area contributed by atoms with Crippen molar-refractivity contribution in [1.82, 2.24) is 4.72 Å². The van der Waals surface area contributed by atoms with Crippen LogP contribution in [0, 0.1) is 11.3 Å². The first kappa shape index (κ1) is 14.1. The minimum atomic E-state index is -3.64. The molecule has 0 aromatic heterocycles. The van der Waals surface area contributed by atoms with E-state index in [4.69, 9.17) is 11.0 Å². The van der Waals surface area contributed by atoms with Crippen LogP contribution in [0.5, 0.6) is 0 Å². The van der Waals surface area contributed by atoms with Gasteiger partial charge in [0.2, 0.25) is 10.0 Å². The van der Waals surface area contributed by atoms with E-state index < -0.39 is 10.0 Å². The average Bonchev–Trinajstić information content (AvgIpc) is 2.27. The van der Waals surface area contributed by atoms with Gasteiger partial charge in [0.15, 0.2) is 0 Å². The molecule has 17 heavy (non-hydrogen) atoms. The van der Waals surface area contributed by atoms with Crippen LogP contribution in [0.1, 0.15) is 12.5 Å². The van der Waals surface area contributed by atoms with E-state index in [1.54, 1.807) is 13.0 Å². The predicted octanol–water partition coefficient (Wildman–Crippen LogP) is 0.946. The lowest BCUT2D eigenvalue weighted by Crippen LogP contribution is -2.37. The van der Waals surface area contributed by atoms with E-state index in [0.717, 1.165) is 0 Å². The zero-order valence-electron chi connectivity index (χ0n) is 9.14. The molecule has 5 nitrogen and oxygen atoms in total. The standard InChI is InChI=1S/C10H12BrN3O2S/c1-7(5-12)14-17(15,16)10-3-8(6-13)2-9(11)4-10/h2-4,7,14H,5,12H2,1H3/t7-/m0/s1. The molecule has 0 saturated heterocycles. The summed E-state index contributed by atoms with van der Waals surface area (Å²) in [4.78, 5) is 0.0451. The largest absolute Gasteiger partial charge is 0.329 e. The van der Waals surface area contributed by atoms with Crippen molar-refractivity contribution in [1.29, 1.82) is 5.26 Å². The molecular weight excluding hydrogens is 306 g/mol. The van der Waals surface area contributed by atoms with Crippen LogP contribution in [-0.2, 0) is 10.0 Å². The van der Waals surface area contributed by atoms with Gasteiger partial charge in [-0.2, -0.15) is 5.26 Å². The molecule has 1 aromatic rings. The number of halogens is 1. The Hall–Kier alpha value is -0.940. The normalized spacial score (nSPS) is 13.1.